The quantitative estimate of drug-likeness (QED) is 0.512. The first-order chi connectivity index (χ1) is 14.7. The van der Waals surface area contributed by atoms with Gasteiger partial charge in [0.2, 0.25) is 5.91 Å². The fourth-order valence-electron chi connectivity index (χ4n) is 2.65. The van der Waals surface area contributed by atoms with Crippen LogP contribution in [0.3, 0.4) is 0 Å². The number of benzene rings is 2. The summed E-state index contributed by atoms with van der Waals surface area (Å²) < 4.78 is 16.2. The molecule has 8 heteroatoms. The maximum Gasteiger partial charge on any atom is 0.339 e. The Morgan fingerprint density at radius 1 is 1.03 bits per heavy atom. The lowest BCUT2D eigenvalue weighted by Gasteiger charge is -2.19. The highest BCUT2D eigenvalue weighted by atomic mass is 32.2. The first kappa shape index (κ1) is 22.7. The summed E-state index contributed by atoms with van der Waals surface area (Å²) in [4.78, 5) is 37.5. The van der Waals surface area contributed by atoms with Crippen molar-refractivity contribution in [3.05, 3.63) is 48.0 Å². The molecule has 0 saturated carbocycles. The Labute approximate surface area is 185 Å². The van der Waals surface area contributed by atoms with Crippen molar-refractivity contribution in [2.45, 2.75) is 25.7 Å². The van der Waals surface area contributed by atoms with E-state index in [2.05, 4.69) is 5.32 Å². The van der Waals surface area contributed by atoms with Gasteiger partial charge < -0.3 is 19.5 Å². The normalized spacial score (nSPS) is 12.7. The standard InChI is InChI=1S/C23H25NO6S/c1-23(2,3)20(25)13-30-22(27)16-6-4-5-7-19(16)31-14-21(26)24-15-8-9-17-18(12-15)29-11-10-28-17/h4-9,12H,10-11,13-14H2,1-3H3,(H,24,26). The Kier molecular flexibility index (Phi) is 7.22. The molecule has 2 aromatic rings. The molecule has 164 valence electrons. The van der Waals surface area contributed by atoms with E-state index in [0.717, 1.165) is 0 Å². The predicted octanol–water partition coefficient (Wildman–Crippen LogP) is 3.96. The van der Waals surface area contributed by atoms with E-state index in [1.165, 1.54) is 11.8 Å². The molecule has 0 saturated heterocycles. The van der Waals surface area contributed by atoms with Crippen LogP contribution in [0.1, 0.15) is 31.1 Å². The molecular formula is C23H25NO6S. The zero-order chi connectivity index (χ0) is 22.4. The van der Waals surface area contributed by atoms with Gasteiger partial charge in [-0.05, 0) is 24.3 Å². The number of anilines is 1. The lowest BCUT2D eigenvalue weighted by molar-refractivity contribution is -0.129. The van der Waals surface area contributed by atoms with E-state index in [9.17, 15) is 14.4 Å². The van der Waals surface area contributed by atoms with E-state index in [1.54, 1.807) is 63.2 Å². The molecule has 7 nitrogen and oxygen atoms in total. The number of rotatable bonds is 7. The van der Waals surface area contributed by atoms with E-state index in [0.29, 0.717) is 40.9 Å². The second kappa shape index (κ2) is 9.87. The average molecular weight is 444 g/mol. The van der Waals surface area contributed by atoms with Gasteiger partial charge in [0, 0.05) is 22.1 Å². The van der Waals surface area contributed by atoms with Crippen LogP contribution in [0.15, 0.2) is 47.4 Å². The van der Waals surface area contributed by atoms with Gasteiger partial charge in [0.25, 0.3) is 0 Å². The molecule has 31 heavy (non-hydrogen) atoms. The molecule has 0 bridgehead atoms. The van der Waals surface area contributed by atoms with Crippen molar-refractivity contribution < 1.29 is 28.6 Å². The minimum absolute atomic E-state index is 0.0969. The van der Waals surface area contributed by atoms with Crippen molar-refractivity contribution in [3.63, 3.8) is 0 Å². The third-order valence-electron chi connectivity index (χ3n) is 4.46. The number of amides is 1. The molecule has 1 amide bonds. The van der Waals surface area contributed by atoms with Gasteiger partial charge in [-0.25, -0.2) is 4.79 Å². The Balaban J connectivity index is 1.57. The average Bonchev–Trinajstić information content (AvgIpc) is 2.75. The van der Waals surface area contributed by atoms with Crippen LogP contribution in [0.5, 0.6) is 11.5 Å². The summed E-state index contributed by atoms with van der Waals surface area (Å²) in [5, 5.41) is 2.81. The summed E-state index contributed by atoms with van der Waals surface area (Å²) in [7, 11) is 0. The molecule has 1 aliphatic rings. The van der Waals surface area contributed by atoms with Crippen LogP contribution in [-0.4, -0.2) is 43.2 Å². The summed E-state index contributed by atoms with van der Waals surface area (Å²) in [6.45, 7) is 6.00. The third kappa shape index (κ3) is 6.24. The number of esters is 1. The number of fused-ring (bicyclic) bond motifs is 1. The van der Waals surface area contributed by atoms with Gasteiger partial charge in [-0.3, -0.25) is 9.59 Å². The van der Waals surface area contributed by atoms with Crippen molar-refractivity contribution in [1.29, 1.82) is 0 Å². The fraction of sp³-hybridized carbons (Fsp3) is 0.348. The molecule has 0 fully saturated rings. The Bertz CT molecular complexity index is 982. The third-order valence-corrected chi connectivity index (χ3v) is 5.54. The first-order valence-electron chi connectivity index (χ1n) is 9.86. The highest BCUT2D eigenvalue weighted by Gasteiger charge is 2.23. The van der Waals surface area contributed by atoms with Crippen LogP contribution in [-0.2, 0) is 14.3 Å². The number of carbonyl (C=O) groups excluding carboxylic acids is 3. The van der Waals surface area contributed by atoms with Gasteiger partial charge in [0.05, 0.1) is 11.3 Å². The minimum Gasteiger partial charge on any atom is -0.486 e. The minimum atomic E-state index is -0.590. The van der Waals surface area contributed by atoms with Gasteiger partial charge in [-0.1, -0.05) is 32.9 Å². The van der Waals surface area contributed by atoms with E-state index in [-0.39, 0.29) is 24.1 Å². The van der Waals surface area contributed by atoms with Crippen LogP contribution in [0.25, 0.3) is 0 Å². The van der Waals surface area contributed by atoms with Crippen LogP contribution in [0.4, 0.5) is 5.69 Å². The van der Waals surface area contributed by atoms with E-state index in [1.807, 2.05) is 0 Å². The Hall–Kier alpha value is -3.00. The van der Waals surface area contributed by atoms with E-state index in [4.69, 9.17) is 14.2 Å². The molecule has 1 aliphatic heterocycles. The lowest BCUT2D eigenvalue weighted by Crippen LogP contribution is -2.26. The number of hydrogen-bond acceptors (Lipinski definition) is 7. The zero-order valence-electron chi connectivity index (χ0n) is 17.7. The van der Waals surface area contributed by atoms with Crippen LogP contribution >= 0.6 is 11.8 Å². The smallest absolute Gasteiger partial charge is 0.339 e. The largest absolute Gasteiger partial charge is 0.486 e. The van der Waals surface area contributed by atoms with Crippen LogP contribution in [0.2, 0.25) is 0 Å². The van der Waals surface area contributed by atoms with E-state index >= 15 is 0 Å². The molecule has 0 atom stereocenters. The summed E-state index contributed by atoms with van der Waals surface area (Å²) >= 11 is 1.22. The first-order valence-corrected chi connectivity index (χ1v) is 10.8. The molecule has 0 spiro atoms. The predicted molar refractivity (Wildman–Crippen MR) is 118 cm³/mol. The van der Waals surface area contributed by atoms with Crippen molar-refractivity contribution in [1.82, 2.24) is 0 Å². The molecule has 3 rings (SSSR count). The van der Waals surface area contributed by atoms with Crippen molar-refractivity contribution in [2.75, 3.05) is 30.9 Å². The molecule has 0 aromatic heterocycles. The van der Waals surface area contributed by atoms with Crippen LogP contribution in [0, 0.1) is 5.41 Å². The number of hydrogen-bond donors (Lipinski definition) is 1. The highest BCUT2D eigenvalue weighted by Crippen LogP contribution is 2.32. The van der Waals surface area contributed by atoms with Gasteiger partial charge in [-0.15, -0.1) is 11.8 Å². The number of nitrogens with one attached hydrogen (secondary N) is 1. The highest BCUT2D eigenvalue weighted by molar-refractivity contribution is 8.00. The van der Waals surface area contributed by atoms with E-state index < -0.39 is 11.4 Å². The molecular weight excluding hydrogens is 418 g/mol. The number of thioether (sulfide) groups is 1. The Morgan fingerprint density at radius 3 is 2.48 bits per heavy atom. The molecule has 2 aromatic carbocycles. The summed E-state index contributed by atoms with van der Waals surface area (Å²) in [5.74, 6) is 0.357. The zero-order valence-corrected chi connectivity index (χ0v) is 18.5. The van der Waals surface area contributed by atoms with Crippen molar-refractivity contribution in [3.8, 4) is 11.5 Å². The number of ether oxygens (including phenoxy) is 3. The molecule has 0 aliphatic carbocycles. The SMILES string of the molecule is CC(C)(C)C(=O)COC(=O)c1ccccc1SCC(=O)Nc1ccc2c(c1)OCCO2. The molecule has 1 N–H and O–H groups in total. The second-order valence-corrected chi connectivity index (χ2v) is 8.96. The molecule has 1 heterocycles. The number of Topliss-reactive ketones (excluding diaryl/α,β-unsaturated/α-hetero) is 1. The van der Waals surface area contributed by atoms with Crippen molar-refractivity contribution in [2.24, 2.45) is 5.41 Å². The van der Waals surface area contributed by atoms with Crippen molar-refractivity contribution >= 4 is 35.1 Å². The van der Waals surface area contributed by atoms with Gasteiger partial charge in [0.1, 0.15) is 13.2 Å². The lowest BCUT2D eigenvalue weighted by atomic mass is 9.91. The molecule has 0 radical (unpaired) electrons. The Morgan fingerprint density at radius 2 is 1.74 bits per heavy atom. The molecule has 0 unspecified atom stereocenters. The van der Waals surface area contributed by atoms with Crippen LogP contribution < -0.4 is 14.8 Å². The fourth-order valence-corrected chi connectivity index (χ4v) is 3.49. The summed E-state index contributed by atoms with van der Waals surface area (Å²) in [6.07, 6.45) is 0. The number of ketones is 1. The van der Waals surface area contributed by atoms with Gasteiger partial charge in [0.15, 0.2) is 23.9 Å². The summed E-state index contributed by atoms with van der Waals surface area (Å²) in [6, 6.07) is 12.1. The van der Waals surface area contributed by atoms with Gasteiger partial charge >= 0.3 is 5.97 Å². The second-order valence-electron chi connectivity index (χ2n) is 7.94. The van der Waals surface area contributed by atoms with Gasteiger partial charge in [-0.2, -0.15) is 0 Å². The maximum absolute atomic E-state index is 12.5. The number of carbonyl (C=O) groups is 3. The summed E-state index contributed by atoms with van der Waals surface area (Å²) in [5.41, 5.74) is 0.338. The topological polar surface area (TPSA) is 90.9 Å². The maximum atomic E-state index is 12.5. The monoisotopic (exact) mass is 443 g/mol.